The first-order valence-electron chi connectivity index (χ1n) is 10.6. The Bertz CT molecular complexity index is 1470. The fourth-order valence-corrected chi connectivity index (χ4v) is 5.15. The van der Waals surface area contributed by atoms with Crippen molar-refractivity contribution < 1.29 is 9.18 Å². The second-order valence-electron chi connectivity index (χ2n) is 7.55. The summed E-state index contributed by atoms with van der Waals surface area (Å²) in [6.45, 7) is 2.05. The molecule has 0 unspecified atom stereocenters. The molecule has 0 aliphatic rings. The summed E-state index contributed by atoms with van der Waals surface area (Å²) in [7, 11) is 0. The van der Waals surface area contributed by atoms with Crippen molar-refractivity contribution >= 4 is 34.7 Å². The van der Waals surface area contributed by atoms with Crippen LogP contribution in [0, 0.1) is 12.7 Å². The van der Waals surface area contributed by atoms with Gasteiger partial charge in [0.15, 0.2) is 11.0 Å². The molecule has 0 aliphatic carbocycles. The molecule has 5 aromatic rings. The highest BCUT2D eigenvalue weighted by molar-refractivity contribution is 7.98. The van der Waals surface area contributed by atoms with Gasteiger partial charge in [0.25, 0.3) is 5.91 Å². The zero-order valence-corrected chi connectivity index (χ0v) is 20.2. The van der Waals surface area contributed by atoms with Crippen molar-refractivity contribution in [3.8, 4) is 17.1 Å². The van der Waals surface area contributed by atoms with E-state index >= 15 is 0 Å². The van der Waals surface area contributed by atoms with Gasteiger partial charge in [-0.2, -0.15) is 0 Å². The van der Waals surface area contributed by atoms with E-state index in [1.54, 1.807) is 17.8 Å². The number of benzene rings is 2. The molecule has 0 saturated carbocycles. The first-order chi connectivity index (χ1) is 17.1. The third-order valence-electron chi connectivity index (χ3n) is 5.12. The van der Waals surface area contributed by atoms with Gasteiger partial charge in [0.1, 0.15) is 16.5 Å². The van der Waals surface area contributed by atoms with Crippen LogP contribution in [0.2, 0.25) is 0 Å². The van der Waals surface area contributed by atoms with Gasteiger partial charge in [-0.3, -0.25) is 14.3 Å². The number of thioether (sulfide) groups is 1. The van der Waals surface area contributed by atoms with Gasteiger partial charge in [0, 0.05) is 29.0 Å². The fraction of sp³-hybridized carbons (Fsp3) is 0.0800. The number of hydrogen-bond acceptors (Lipinski definition) is 7. The predicted molar refractivity (Wildman–Crippen MR) is 135 cm³/mol. The summed E-state index contributed by atoms with van der Waals surface area (Å²) in [6.07, 6.45) is 3.49. The van der Waals surface area contributed by atoms with Crippen LogP contribution < -0.4 is 5.32 Å². The topological polar surface area (TPSA) is 85.6 Å². The SMILES string of the molecule is Cc1ccccc1-n1c(SCc2nc(C(=O)Nc3ccc(F)cc3)cs2)nnc1-c1cccnc1. The Hall–Kier alpha value is -3.89. The zero-order chi connectivity index (χ0) is 24.2. The Labute approximate surface area is 209 Å². The van der Waals surface area contributed by atoms with E-state index in [0.29, 0.717) is 28.1 Å². The maximum Gasteiger partial charge on any atom is 0.275 e. The number of halogens is 1. The number of aromatic nitrogens is 5. The summed E-state index contributed by atoms with van der Waals surface area (Å²) in [6, 6.07) is 17.5. The standard InChI is InChI=1S/C25H19FN6OS2/c1-16-5-2-3-7-21(16)32-23(17-6-4-12-27-13-17)30-31-25(32)35-15-22-29-20(14-34-22)24(33)28-19-10-8-18(26)9-11-19/h2-14H,15H2,1H3,(H,28,33). The van der Waals surface area contributed by atoms with Gasteiger partial charge in [-0.15, -0.1) is 21.5 Å². The van der Waals surface area contributed by atoms with Gasteiger partial charge in [-0.05, 0) is 55.0 Å². The summed E-state index contributed by atoms with van der Waals surface area (Å²) >= 11 is 2.89. The van der Waals surface area contributed by atoms with E-state index in [1.165, 1.54) is 47.4 Å². The van der Waals surface area contributed by atoms with E-state index < -0.39 is 0 Å². The van der Waals surface area contributed by atoms with E-state index in [0.717, 1.165) is 21.8 Å². The molecule has 3 heterocycles. The van der Waals surface area contributed by atoms with Crippen LogP contribution >= 0.6 is 23.1 Å². The monoisotopic (exact) mass is 502 g/mol. The molecular formula is C25H19FN6OS2. The normalized spacial score (nSPS) is 10.9. The Morgan fingerprint density at radius 1 is 1.09 bits per heavy atom. The lowest BCUT2D eigenvalue weighted by Gasteiger charge is -2.12. The number of thiazole rings is 1. The summed E-state index contributed by atoms with van der Waals surface area (Å²) in [5.74, 6) is 0.520. The van der Waals surface area contributed by atoms with E-state index in [1.807, 2.05) is 47.9 Å². The van der Waals surface area contributed by atoms with E-state index in [9.17, 15) is 9.18 Å². The van der Waals surface area contributed by atoms with Crippen LogP contribution in [0.3, 0.4) is 0 Å². The minimum Gasteiger partial charge on any atom is -0.321 e. The van der Waals surface area contributed by atoms with Crippen molar-refractivity contribution in [2.45, 2.75) is 17.8 Å². The van der Waals surface area contributed by atoms with Crippen LogP contribution in [0.5, 0.6) is 0 Å². The van der Waals surface area contributed by atoms with Crippen molar-refractivity contribution in [2.75, 3.05) is 5.32 Å². The lowest BCUT2D eigenvalue weighted by Crippen LogP contribution is -2.12. The summed E-state index contributed by atoms with van der Waals surface area (Å²) < 4.78 is 15.1. The van der Waals surface area contributed by atoms with Gasteiger partial charge in [-0.25, -0.2) is 9.37 Å². The third-order valence-corrected chi connectivity index (χ3v) is 7.09. The quantitative estimate of drug-likeness (QED) is 0.284. The lowest BCUT2D eigenvalue weighted by atomic mass is 10.2. The Morgan fingerprint density at radius 3 is 2.69 bits per heavy atom. The number of pyridine rings is 1. The third kappa shape index (κ3) is 5.13. The lowest BCUT2D eigenvalue weighted by molar-refractivity contribution is 0.102. The molecule has 0 bridgehead atoms. The molecule has 0 aliphatic heterocycles. The smallest absolute Gasteiger partial charge is 0.275 e. The average molecular weight is 503 g/mol. The van der Waals surface area contributed by atoms with E-state index in [-0.39, 0.29) is 11.7 Å². The molecule has 35 heavy (non-hydrogen) atoms. The van der Waals surface area contributed by atoms with Gasteiger partial charge in [-0.1, -0.05) is 30.0 Å². The molecule has 0 saturated heterocycles. The Kier molecular flexibility index (Phi) is 6.64. The molecule has 1 N–H and O–H groups in total. The molecule has 2 aromatic carbocycles. The number of carbonyl (C=O) groups is 1. The number of amides is 1. The van der Waals surface area contributed by atoms with Gasteiger partial charge in [0.05, 0.1) is 11.4 Å². The molecule has 0 fully saturated rings. The first-order valence-corrected chi connectivity index (χ1v) is 12.5. The van der Waals surface area contributed by atoms with Crippen molar-refractivity contribution in [3.05, 3.63) is 101 Å². The maximum absolute atomic E-state index is 13.1. The number of carbonyl (C=O) groups excluding carboxylic acids is 1. The molecule has 7 nitrogen and oxygen atoms in total. The van der Waals surface area contributed by atoms with Crippen LogP contribution in [-0.2, 0) is 5.75 Å². The number of anilines is 1. The van der Waals surface area contributed by atoms with E-state index in [4.69, 9.17) is 0 Å². The Balaban J connectivity index is 1.36. The van der Waals surface area contributed by atoms with Gasteiger partial charge < -0.3 is 5.32 Å². The van der Waals surface area contributed by atoms with Crippen molar-refractivity contribution in [1.82, 2.24) is 24.7 Å². The van der Waals surface area contributed by atoms with Crippen LogP contribution in [0.25, 0.3) is 17.1 Å². The molecule has 10 heteroatoms. The van der Waals surface area contributed by atoms with Gasteiger partial charge in [0.2, 0.25) is 0 Å². The van der Waals surface area contributed by atoms with Crippen LogP contribution in [0.4, 0.5) is 10.1 Å². The highest BCUT2D eigenvalue weighted by atomic mass is 32.2. The van der Waals surface area contributed by atoms with Crippen molar-refractivity contribution in [2.24, 2.45) is 0 Å². The number of rotatable bonds is 7. The van der Waals surface area contributed by atoms with Gasteiger partial charge >= 0.3 is 0 Å². The molecule has 0 radical (unpaired) electrons. The highest BCUT2D eigenvalue weighted by Gasteiger charge is 2.19. The second kappa shape index (κ2) is 10.2. The first kappa shape index (κ1) is 22.9. The average Bonchev–Trinajstić information content (AvgIpc) is 3.52. The van der Waals surface area contributed by atoms with Crippen LogP contribution in [-0.4, -0.2) is 30.6 Å². The second-order valence-corrected chi connectivity index (χ2v) is 9.43. The number of aryl methyl sites for hydroxylation is 1. The molecule has 1 amide bonds. The summed E-state index contributed by atoms with van der Waals surface area (Å²) in [5.41, 5.74) is 3.76. The maximum atomic E-state index is 13.1. The largest absolute Gasteiger partial charge is 0.321 e. The van der Waals surface area contributed by atoms with Crippen molar-refractivity contribution in [1.29, 1.82) is 0 Å². The fourth-order valence-electron chi connectivity index (χ4n) is 3.41. The summed E-state index contributed by atoms with van der Waals surface area (Å²) in [5, 5.41) is 14.8. The predicted octanol–water partition coefficient (Wildman–Crippen LogP) is 5.78. The highest BCUT2D eigenvalue weighted by Crippen LogP contribution is 2.31. The Morgan fingerprint density at radius 2 is 1.91 bits per heavy atom. The molecule has 3 aromatic heterocycles. The minimum atomic E-state index is -0.360. The van der Waals surface area contributed by atoms with Crippen LogP contribution in [0.15, 0.2) is 83.6 Å². The zero-order valence-electron chi connectivity index (χ0n) is 18.6. The summed E-state index contributed by atoms with van der Waals surface area (Å²) in [4.78, 5) is 21.2. The number of para-hydroxylation sites is 1. The molecule has 0 spiro atoms. The van der Waals surface area contributed by atoms with E-state index in [2.05, 4.69) is 25.5 Å². The molecular weight excluding hydrogens is 483 g/mol. The number of nitrogens with zero attached hydrogens (tertiary/aromatic N) is 5. The molecule has 174 valence electrons. The number of nitrogens with one attached hydrogen (secondary N) is 1. The minimum absolute atomic E-state index is 0.311. The van der Waals surface area contributed by atoms with Crippen LogP contribution in [0.1, 0.15) is 21.1 Å². The van der Waals surface area contributed by atoms with Crippen molar-refractivity contribution in [3.63, 3.8) is 0 Å². The molecule has 0 atom stereocenters. The number of hydrogen-bond donors (Lipinski definition) is 1. The molecule has 5 rings (SSSR count).